The lowest BCUT2D eigenvalue weighted by molar-refractivity contribution is -0.137. The van der Waals surface area contributed by atoms with Crippen molar-refractivity contribution in [2.45, 2.75) is 37.3 Å². The number of nitriles is 1. The third-order valence-electron chi connectivity index (χ3n) is 5.28. The van der Waals surface area contributed by atoms with E-state index in [2.05, 4.69) is 0 Å². The summed E-state index contributed by atoms with van der Waals surface area (Å²) in [7, 11) is 0. The predicted molar refractivity (Wildman–Crippen MR) is 83.2 cm³/mol. The Morgan fingerprint density at radius 2 is 1.85 bits per heavy atom. The minimum atomic E-state index is -4.76. The molecule has 1 heterocycles. The molecule has 2 atom stereocenters. The topological polar surface area (TPSA) is 86.2 Å². The van der Waals surface area contributed by atoms with Gasteiger partial charge in [-0.05, 0) is 37.0 Å². The molecule has 8 heteroatoms. The van der Waals surface area contributed by atoms with Crippen molar-refractivity contribution in [3.63, 3.8) is 0 Å². The minimum Gasteiger partial charge on any atom is -0.494 e. The van der Waals surface area contributed by atoms with E-state index in [1.807, 2.05) is 0 Å². The Morgan fingerprint density at radius 3 is 2.46 bits per heavy atom. The summed E-state index contributed by atoms with van der Waals surface area (Å²) in [5, 5.41) is 30.1. The van der Waals surface area contributed by atoms with E-state index in [4.69, 9.17) is 5.26 Å². The van der Waals surface area contributed by atoms with Crippen LogP contribution in [0.4, 0.5) is 13.2 Å². The van der Waals surface area contributed by atoms with Crippen molar-refractivity contribution in [2.24, 2.45) is 0 Å². The molecule has 1 saturated carbocycles. The van der Waals surface area contributed by atoms with E-state index in [1.165, 1.54) is 12.1 Å². The first kappa shape index (κ1) is 16.5. The summed E-state index contributed by atoms with van der Waals surface area (Å²) >= 11 is 0. The molecule has 0 aliphatic heterocycles. The molecule has 0 radical (unpaired) electrons. The van der Waals surface area contributed by atoms with Crippen LogP contribution in [0, 0.1) is 11.3 Å². The number of hydrogen-bond donors (Lipinski definition) is 2. The van der Waals surface area contributed by atoms with E-state index in [1.54, 1.807) is 0 Å². The number of carbonyl (C=O) groups is 1. The van der Waals surface area contributed by atoms with Gasteiger partial charge in [-0.3, -0.25) is 9.36 Å². The number of aromatic nitrogens is 1. The Morgan fingerprint density at radius 1 is 1.15 bits per heavy atom. The second-order valence-corrected chi connectivity index (χ2v) is 6.65. The zero-order valence-corrected chi connectivity index (χ0v) is 13.3. The molecule has 1 aromatic heterocycles. The van der Waals surface area contributed by atoms with Gasteiger partial charge in [-0.1, -0.05) is 0 Å². The number of carbonyl (C=O) groups excluding carboxylic acids is 1. The van der Waals surface area contributed by atoms with Crippen molar-refractivity contribution in [2.75, 3.05) is 0 Å². The molecular weight excluding hydrogens is 349 g/mol. The summed E-state index contributed by atoms with van der Waals surface area (Å²) in [6.07, 6.45) is -3.26. The molecule has 1 aromatic carbocycles. The predicted octanol–water partition coefficient (Wildman–Crippen LogP) is 3.71. The molecular formula is C18H13F3N2O3. The molecule has 134 valence electrons. The van der Waals surface area contributed by atoms with Gasteiger partial charge in [0.25, 0.3) is 0 Å². The van der Waals surface area contributed by atoms with E-state index in [9.17, 15) is 28.2 Å². The maximum atomic E-state index is 13.2. The molecule has 3 aliphatic rings. The van der Waals surface area contributed by atoms with Gasteiger partial charge in [-0.2, -0.15) is 18.4 Å². The van der Waals surface area contributed by atoms with Crippen molar-refractivity contribution in [1.29, 1.82) is 5.26 Å². The molecule has 0 spiro atoms. The molecule has 0 amide bonds. The summed E-state index contributed by atoms with van der Waals surface area (Å²) < 4.78 is 40.6. The molecule has 0 saturated heterocycles. The monoisotopic (exact) mass is 362 g/mol. The van der Waals surface area contributed by atoms with Crippen LogP contribution in [0.1, 0.15) is 53.4 Å². The maximum Gasteiger partial charge on any atom is 0.417 e. The first-order valence-corrected chi connectivity index (χ1v) is 8.05. The van der Waals surface area contributed by atoms with Gasteiger partial charge in [-0.25, -0.2) is 0 Å². The normalized spacial score (nSPS) is 21.5. The zero-order valence-electron chi connectivity index (χ0n) is 13.3. The lowest BCUT2D eigenvalue weighted by Crippen LogP contribution is -2.28. The largest absolute Gasteiger partial charge is 0.494 e. The summed E-state index contributed by atoms with van der Waals surface area (Å²) in [4.78, 5) is 12.1. The number of ketones is 1. The molecule has 3 aliphatic carbocycles. The van der Waals surface area contributed by atoms with Gasteiger partial charge in [0.2, 0.25) is 11.8 Å². The Labute approximate surface area is 145 Å². The van der Waals surface area contributed by atoms with Crippen LogP contribution in [-0.2, 0) is 11.0 Å². The average molecular weight is 362 g/mol. The number of rotatable bonds is 1. The number of fused-ring (bicyclic) bond motifs is 2. The highest BCUT2D eigenvalue weighted by Crippen LogP contribution is 2.56. The highest BCUT2D eigenvalue weighted by Gasteiger charge is 2.45. The first-order valence-electron chi connectivity index (χ1n) is 8.05. The van der Waals surface area contributed by atoms with Gasteiger partial charge < -0.3 is 10.2 Å². The SMILES string of the molecule is N#Cc1ccc(-n2c(O)c3c(c2O)[C@@H]2CC[C@H]3CC2=O)cc1C(F)(F)F. The lowest BCUT2D eigenvalue weighted by Gasteiger charge is -2.34. The van der Waals surface area contributed by atoms with Crippen LogP contribution in [0.3, 0.4) is 0 Å². The number of benzene rings is 1. The standard InChI is InChI=1S/C18H13F3N2O3/c19-18(20,21)12-6-10(3-1-9(12)7-22)23-16(25)14-8-2-4-11(13(24)5-8)15(14)17(23)26/h1,3,6,8,11,25-26H,2,4-5H2/t8-,11+/m0/s1. The molecule has 0 unspecified atom stereocenters. The smallest absolute Gasteiger partial charge is 0.417 e. The van der Waals surface area contributed by atoms with Crippen LogP contribution in [0.5, 0.6) is 11.8 Å². The van der Waals surface area contributed by atoms with Crippen LogP contribution >= 0.6 is 0 Å². The fourth-order valence-electron chi connectivity index (χ4n) is 4.14. The van der Waals surface area contributed by atoms with Crippen LogP contribution in [0.2, 0.25) is 0 Å². The van der Waals surface area contributed by atoms with E-state index < -0.39 is 29.1 Å². The number of aromatic hydroxyl groups is 2. The number of Topliss-reactive ketones (excluding diaryl/α,β-unsaturated/α-hetero) is 1. The van der Waals surface area contributed by atoms with E-state index in [-0.39, 0.29) is 29.7 Å². The Kier molecular flexibility index (Phi) is 3.35. The lowest BCUT2D eigenvalue weighted by atomic mass is 9.67. The minimum absolute atomic E-state index is 0.0305. The summed E-state index contributed by atoms with van der Waals surface area (Å²) in [5.74, 6) is -1.58. The molecule has 5 rings (SSSR count). The molecule has 1 fully saturated rings. The quantitative estimate of drug-likeness (QED) is 0.810. The first-order chi connectivity index (χ1) is 12.2. The van der Waals surface area contributed by atoms with Crippen LogP contribution in [-0.4, -0.2) is 20.6 Å². The van der Waals surface area contributed by atoms with E-state index >= 15 is 0 Å². The van der Waals surface area contributed by atoms with Crippen molar-refractivity contribution < 1.29 is 28.2 Å². The van der Waals surface area contributed by atoms with E-state index in [0.29, 0.717) is 30.0 Å². The fourth-order valence-corrected chi connectivity index (χ4v) is 4.14. The number of hydrogen-bond acceptors (Lipinski definition) is 4. The molecule has 2 aromatic rings. The van der Waals surface area contributed by atoms with Crippen molar-refractivity contribution >= 4 is 5.78 Å². The highest BCUT2D eigenvalue weighted by molar-refractivity contribution is 5.91. The van der Waals surface area contributed by atoms with Gasteiger partial charge in [0.15, 0.2) is 0 Å². The van der Waals surface area contributed by atoms with Crippen molar-refractivity contribution in [3.05, 3.63) is 40.5 Å². The number of nitrogens with zero attached hydrogens (tertiary/aromatic N) is 2. The Bertz CT molecular complexity index is 985. The Hall–Kier alpha value is -2.95. The zero-order chi connectivity index (χ0) is 18.8. The van der Waals surface area contributed by atoms with Crippen LogP contribution in [0.15, 0.2) is 18.2 Å². The molecule has 26 heavy (non-hydrogen) atoms. The maximum absolute atomic E-state index is 13.2. The highest BCUT2D eigenvalue weighted by atomic mass is 19.4. The van der Waals surface area contributed by atoms with Crippen LogP contribution < -0.4 is 0 Å². The molecule has 2 N–H and O–H groups in total. The molecule has 2 bridgehead atoms. The third kappa shape index (κ3) is 2.13. The number of halogens is 3. The van der Waals surface area contributed by atoms with Crippen molar-refractivity contribution in [3.8, 4) is 23.5 Å². The average Bonchev–Trinajstić information content (AvgIpc) is 2.87. The summed E-state index contributed by atoms with van der Waals surface area (Å²) in [6, 6.07) is 4.43. The molecule has 5 nitrogen and oxygen atoms in total. The summed E-state index contributed by atoms with van der Waals surface area (Å²) in [6.45, 7) is 0. The third-order valence-corrected chi connectivity index (χ3v) is 5.28. The second-order valence-electron chi connectivity index (χ2n) is 6.65. The van der Waals surface area contributed by atoms with Gasteiger partial charge >= 0.3 is 6.18 Å². The van der Waals surface area contributed by atoms with Crippen LogP contribution in [0.25, 0.3) is 5.69 Å². The van der Waals surface area contributed by atoms with Gasteiger partial charge in [0.1, 0.15) is 5.78 Å². The number of alkyl halides is 3. The van der Waals surface area contributed by atoms with Gasteiger partial charge in [-0.15, -0.1) is 0 Å². The van der Waals surface area contributed by atoms with Crippen molar-refractivity contribution in [1.82, 2.24) is 4.57 Å². The fraction of sp³-hybridized carbons (Fsp3) is 0.333. The summed E-state index contributed by atoms with van der Waals surface area (Å²) in [5.41, 5.74) is -1.06. The second kappa shape index (κ2) is 5.27. The van der Waals surface area contributed by atoms with Gasteiger partial charge in [0, 0.05) is 23.5 Å². The Balaban J connectivity index is 1.94. The van der Waals surface area contributed by atoms with Gasteiger partial charge in [0.05, 0.1) is 22.9 Å². The van der Waals surface area contributed by atoms with E-state index in [0.717, 1.165) is 10.6 Å².